The molecule has 0 saturated carbocycles. The highest BCUT2D eigenvalue weighted by atomic mass is 15.1. The Bertz CT molecular complexity index is 3740. The van der Waals surface area contributed by atoms with Crippen molar-refractivity contribution in [3.05, 3.63) is 301 Å². The maximum Gasteiger partial charge on any atom is 0.0714 e. The smallest absolute Gasteiger partial charge is 0.0714 e. The van der Waals surface area contributed by atoms with Gasteiger partial charge in [-0.05, 0) is 110 Å². The first-order valence-corrected chi connectivity index (χ1v) is 23.8. The average Bonchev–Trinajstić information content (AvgIpc) is 3.93. The van der Waals surface area contributed by atoms with Gasteiger partial charge in [-0.25, -0.2) is 0 Å². The van der Waals surface area contributed by atoms with Crippen LogP contribution in [0.1, 0.15) is 22.3 Å². The lowest BCUT2D eigenvalue weighted by atomic mass is 9.67. The van der Waals surface area contributed by atoms with Gasteiger partial charge in [0.25, 0.3) is 0 Å². The molecule has 2 nitrogen and oxygen atoms in total. The molecule has 0 spiro atoms. The number of hydrogen-bond donors (Lipinski definition) is 0. The molecule has 0 radical (unpaired) electrons. The predicted molar refractivity (Wildman–Crippen MR) is 289 cm³/mol. The largest absolute Gasteiger partial charge is 0.310 e. The molecule has 0 unspecified atom stereocenters. The lowest BCUT2D eigenvalue weighted by molar-refractivity contribution is 0.768. The van der Waals surface area contributed by atoms with Gasteiger partial charge in [-0.1, -0.05) is 231 Å². The minimum atomic E-state index is -0.574. The summed E-state index contributed by atoms with van der Waals surface area (Å²) in [7, 11) is 0. The Morgan fingerprint density at radius 2 is 0.783 bits per heavy atom. The van der Waals surface area contributed by atoms with Gasteiger partial charge in [0.05, 0.1) is 22.1 Å². The second-order valence-electron chi connectivity index (χ2n) is 18.0. The van der Waals surface area contributed by atoms with E-state index in [1.807, 2.05) is 0 Å². The summed E-state index contributed by atoms with van der Waals surface area (Å²) in [5, 5.41) is 2.48. The van der Waals surface area contributed by atoms with E-state index in [9.17, 15) is 0 Å². The molecule has 12 aromatic rings. The maximum atomic E-state index is 2.52. The molecule has 0 N–H and O–H groups in total. The van der Waals surface area contributed by atoms with Crippen LogP contribution < -0.4 is 4.90 Å². The van der Waals surface area contributed by atoms with Crippen LogP contribution in [0.5, 0.6) is 0 Å². The van der Waals surface area contributed by atoms with E-state index >= 15 is 0 Å². The van der Waals surface area contributed by atoms with E-state index in [-0.39, 0.29) is 0 Å². The van der Waals surface area contributed by atoms with Crippen molar-refractivity contribution in [2.75, 3.05) is 4.90 Å². The summed E-state index contributed by atoms with van der Waals surface area (Å²) in [6.07, 6.45) is 0. The van der Waals surface area contributed by atoms with Crippen molar-refractivity contribution >= 4 is 38.9 Å². The number of benzene rings is 11. The molecule has 1 aromatic heterocycles. The number of aromatic nitrogens is 1. The van der Waals surface area contributed by atoms with Crippen LogP contribution in [0.25, 0.3) is 72.0 Å². The van der Waals surface area contributed by atoms with Crippen molar-refractivity contribution in [2.45, 2.75) is 5.41 Å². The number of nitrogens with zero attached hydrogens (tertiary/aromatic N) is 2. The molecule has 324 valence electrons. The fourth-order valence-corrected chi connectivity index (χ4v) is 11.4. The fraction of sp³-hybridized carbons (Fsp3) is 0.0149. The second kappa shape index (κ2) is 16.7. The minimum Gasteiger partial charge on any atom is -0.310 e. The highest BCUT2D eigenvalue weighted by molar-refractivity contribution is 6.09. The maximum absolute atomic E-state index is 2.52. The van der Waals surface area contributed by atoms with Gasteiger partial charge in [0, 0.05) is 33.4 Å². The third-order valence-electron chi connectivity index (χ3n) is 14.3. The van der Waals surface area contributed by atoms with Crippen LogP contribution in [0.3, 0.4) is 0 Å². The SMILES string of the molecule is c1ccc(-c2ccccc2-c2c(-c3ccccc3)cccc2N(c2cccc(-n3c4ccccc4c4ccccc43)c2)c2ccc3c(c2)C(c2ccccc2)(c2ccccc2)c2ccccc2-3)cc1. The second-order valence-corrected chi connectivity index (χ2v) is 18.0. The third-order valence-corrected chi connectivity index (χ3v) is 14.3. The molecule has 69 heavy (non-hydrogen) atoms. The van der Waals surface area contributed by atoms with Gasteiger partial charge in [0.15, 0.2) is 0 Å². The van der Waals surface area contributed by atoms with E-state index in [0.29, 0.717) is 0 Å². The molecule has 13 rings (SSSR count). The van der Waals surface area contributed by atoms with E-state index in [4.69, 9.17) is 0 Å². The summed E-state index contributed by atoms with van der Waals surface area (Å²) in [6.45, 7) is 0. The highest BCUT2D eigenvalue weighted by Crippen LogP contribution is 2.58. The first kappa shape index (κ1) is 40.3. The Labute approximate surface area is 403 Å². The average molecular weight is 879 g/mol. The molecular weight excluding hydrogens is 833 g/mol. The number of anilines is 3. The van der Waals surface area contributed by atoms with Crippen LogP contribution >= 0.6 is 0 Å². The van der Waals surface area contributed by atoms with Crippen LogP contribution in [-0.4, -0.2) is 4.57 Å². The van der Waals surface area contributed by atoms with Gasteiger partial charge in [-0.15, -0.1) is 0 Å². The standard InChI is InChI=1S/C67H46N2/c1-5-23-47(24-6-1)54-33-13-14-37-60(54)66-55(48-25-7-2-8-26-48)38-22-42-65(66)68(51-31-21-32-52(45-51)69-63-40-19-16-35-58(63)59-36-17-20-41-64(59)69)53-43-44-57-56-34-15-18-39-61(56)67(62(57)46-53,49-27-9-3-10-28-49)50-29-11-4-12-30-50/h1-46H. The Balaban J connectivity index is 1.13. The van der Waals surface area contributed by atoms with Crippen molar-refractivity contribution < 1.29 is 0 Å². The van der Waals surface area contributed by atoms with Gasteiger partial charge < -0.3 is 9.47 Å². The van der Waals surface area contributed by atoms with E-state index in [1.165, 1.54) is 66.3 Å². The summed E-state index contributed by atoms with van der Waals surface area (Å²) >= 11 is 0. The van der Waals surface area contributed by atoms with Gasteiger partial charge in [-0.2, -0.15) is 0 Å². The van der Waals surface area contributed by atoms with Gasteiger partial charge in [0.2, 0.25) is 0 Å². The zero-order valence-corrected chi connectivity index (χ0v) is 38.0. The van der Waals surface area contributed by atoms with Gasteiger partial charge >= 0.3 is 0 Å². The lowest BCUT2D eigenvalue weighted by Gasteiger charge is -2.35. The summed E-state index contributed by atoms with van der Waals surface area (Å²) < 4.78 is 2.42. The van der Waals surface area contributed by atoms with E-state index in [1.54, 1.807) is 0 Å². The highest BCUT2D eigenvalue weighted by Gasteiger charge is 2.46. The molecule has 0 fully saturated rings. The van der Waals surface area contributed by atoms with Crippen LogP contribution in [0.2, 0.25) is 0 Å². The first-order chi connectivity index (χ1) is 34.3. The van der Waals surface area contributed by atoms with E-state index in [2.05, 4.69) is 289 Å². The fourth-order valence-electron chi connectivity index (χ4n) is 11.4. The number of para-hydroxylation sites is 2. The van der Waals surface area contributed by atoms with Crippen molar-refractivity contribution in [3.63, 3.8) is 0 Å². The van der Waals surface area contributed by atoms with Crippen molar-refractivity contribution in [1.29, 1.82) is 0 Å². The molecule has 0 atom stereocenters. The summed E-state index contributed by atoms with van der Waals surface area (Å²) in [4.78, 5) is 2.52. The Hall–Kier alpha value is -8.98. The Morgan fingerprint density at radius 1 is 0.304 bits per heavy atom. The molecule has 11 aromatic carbocycles. The molecule has 1 heterocycles. The summed E-state index contributed by atoms with van der Waals surface area (Å²) in [6, 6.07) is 103. The Kier molecular flexibility index (Phi) is 9.77. The normalized spacial score (nSPS) is 12.5. The molecule has 0 amide bonds. The zero-order valence-electron chi connectivity index (χ0n) is 38.0. The molecule has 1 aliphatic rings. The lowest BCUT2D eigenvalue weighted by Crippen LogP contribution is -2.28. The van der Waals surface area contributed by atoms with Crippen LogP contribution in [0.4, 0.5) is 17.1 Å². The van der Waals surface area contributed by atoms with E-state index < -0.39 is 5.41 Å². The molecule has 0 bridgehead atoms. The van der Waals surface area contributed by atoms with Crippen molar-refractivity contribution in [2.24, 2.45) is 0 Å². The molecular formula is C67H46N2. The van der Waals surface area contributed by atoms with Gasteiger partial charge in [-0.3, -0.25) is 0 Å². The van der Waals surface area contributed by atoms with Crippen LogP contribution in [0, 0.1) is 0 Å². The first-order valence-electron chi connectivity index (χ1n) is 23.8. The molecule has 0 saturated heterocycles. The number of hydrogen-bond acceptors (Lipinski definition) is 1. The number of rotatable bonds is 9. The number of fused-ring (bicyclic) bond motifs is 6. The molecule has 2 heteroatoms. The van der Waals surface area contributed by atoms with Crippen molar-refractivity contribution in [1.82, 2.24) is 4.57 Å². The van der Waals surface area contributed by atoms with Crippen LogP contribution in [0.15, 0.2) is 279 Å². The summed E-state index contributed by atoms with van der Waals surface area (Å²) in [5.41, 5.74) is 20.6. The van der Waals surface area contributed by atoms with Gasteiger partial charge in [0.1, 0.15) is 0 Å². The van der Waals surface area contributed by atoms with E-state index in [0.717, 1.165) is 45.0 Å². The predicted octanol–water partition coefficient (Wildman–Crippen LogP) is 17.6. The third kappa shape index (κ3) is 6.48. The summed E-state index contributed by atoms with van der Waals surface area (Å²) in [5.74, 6) is 0. The zero-order chi connectivity index (χ0) is 45.7. The molecule has 0 aliphatic heterocycles. The topological polar surface area (TPSA) is 8.17 Å². The van der Waals surface area contributed by atoms with Crippen molar-refractivity contribution in [3.8, 4) is 50.2 Å². The minimum absolute atomic E-state index is 0.574. The molecule has 1 aliphatic carbocycles. The monoisotopic (exact) mass is 878 g/mol. The quantitative estimate of drug-likeness (QED) is 0.140. The van der Waals surface area contributed by atoms with Crippen LogP contribution in [-0.2, 0) is 5.41 Å². The Morgan fingerprint density at radius 3 is 1.43 bits per heavy atom.